The van der Waals surface area contributed by atoms with Gasteiger partial charge in [0.15, 0.2) is 0 Å². The van der Waals surface area contributed by atoms with E-state index < -0.39 is 0 Å². The molecule has 0 aliphatic heterocycles. The summed E-state index contributed by atoms with van der Waals surface area (Å²) in [6.45, 7) is 10.6. The highest BCUT2D eigenvalue weighted by Crippen LogP contribution is 2.24. The second kappa shape index (κ2) is 8.01. The lowest BCUT2D eigenvalue weighted by Crippen LogP contribution is -2.14. The molecule has 0 radical (unpaired) electrons. The van der Waals surface area contributed by atoms with Crippen LogP contribution in [0.15, 0.2) is 54.6 Å². The van der Waals surface area contributed by atoms with Crippen LogP contribution >= 0.6 is 0 Å². The van der Waals surface area contributed by atoms with Gasteiger partial charge in [-0.2, -0.15) is 5.10 Å². The van der Waals surface area contributed by atoms with Gasteiger partial charge in [0.2, 0.25) is 5.88 Å². The van der Waals surface area contributed by atoms with E-state index >= 15 is 0 Å². The summed E-state index contributed by atoms with van der Waals surface area (Å²) in [4.78, 5) is 12.7. The van der Waals surface area contributed by atoms with Gasteiger partial charge >= 0.3 is 5.97 Å². The normalized spacial score (nSPS) is 11.5. The quantitative estimate of drug-likeness (QED) is 0.541. The first-order chi connectivity index (χ1) is 13.3. The monoisotopic (exact) mass is 376 g/mol. The van der Waals surface area contributed by atoms with Crippen molar-refractivity contribution in [2.75, 3.05) is 0 Å². The minimum Gasteiger partial charge on any atom is -0.404 e. The van der Waals surface area contributed by atoms with Crippen LogP contribution in [0.4, 0.5) is 0 Å². The van der Waals surface area contributed by atoms with Crippen molar-refractivity contribution in [1.29, 1.82) is 0 Å². The molecule has 3 rings (SSSR count). The number of hydrogen-bond acceptors (Lipinski definition) is 3. The van der Waals surface area contributed by atoms with Gasteiger partial charge in [-0.1, -0.05) is 63.9 Å². The van der Waals surface area contributed by atoms with Crippen LogP contribution in [-0.4, -0.2) is 15.7 Å². The van der Waals surface area contributed by atoms with Crippen molar-refractivity contribution in [2.24, 2.45) is 0 Å². The summed E-state index contributed by atoms with van der Waals surface area (Å²) in [6, 6.07) is 17.5. The molecule has 0 atom stereocenters. The maximum Gasteiger partial charge on any atom is 0.344 e. The molecular formula is C24H28N2O2. The number of aromatic nitrogens is 2. The molecule has 0 fully saturated rings. The highest BCUT2D eigenvalue weighted by atomic mass is 16.5. The Morgan fingerprint density at radius 2 is 1.68 bits per heavy atom. The molecule has 0 N–H and O–H groups in total. The van der Waals surface area contributed by atoms with E-state index in [0.717, 1.165) is 24.2 Å². The zero-order valence-electron chi connectivity index (χ0n) is 17.3. The predicted octanol–water partition coefficient (Wildman–Crippen LogP) is 5.65. The van der Waals surface area contributed by atoms with Gasteiger partial charge in [0.05, 0.1) is 16.9 Å². The van der Waals surface area contributed by atoms with Crippen LogP contribution in [-0.2, 0) is 11.8 Å². The van der Waals surface area contributed by atoms with Crippen molar-refractivity contribution in [1.82, 2.24) is 9.78 Å². The van der Waals surface area contributed by atoms with Crippen LogP contribution < -0.4 is 4.74 Å². The first-order valence-electron chi connectivity index (χ1n) is 9.76. The third-order valence-electron chi connectivity index (χ3n) is 4.70. The molecule has 0 bridgehead atoms. The van der Waals surface area contributed by atoms with Crippen molar-refractivity contribution >= 4 is 5.97 Å². The van der Waals surface area contributed by atoms with Crippen molar-refractivity contribution < 1.29 is 9.53 Å². The molecular weight excluding hydrogens is 348 g/mol. The highest BCUT2D eigenvalue weighted by molar-refractivity contribution is 5.91. The fraction of sp³-hybridized carbons (Fsp3) is 0.333. The maximum atomic E-state index is 12.7. The summed E-state index contributed by atoms with van der Waals surface area (Å²) in [5, 5.41) is 4.63. The Balaban J connectivity index is 1.88. The molecule has 0 spiro atoms. The van der Waals surface area contributed by atoms with Crippen LogP contribution in [0.3, 0.4) is 0 Å². The number of benzene rings is 2. The van der Waals surface area contributed by atoms with Crippen molar-refractivity contribution in [2.45, 2.75) is 52.9 Å². The second-order valence-corrected chi connectivity index (χ2v) is 8.19. The largest absolute Gasteiger partial charge is 0.404 e. The summed E-state index contributed by atoms with van der Waals surface area (Å²) in [6.07, 6.45) is 1.82. The summed E-state index contributed by atoms with van der Waals surface area (Å²) < 4.78 is 7.43. The minimum atomic E-state index is -0.378. The summed E-state index contributed by atoms with van der Waals surface area (Å²) in [5.74, 6) is 0.0639. The Labute approximate surface area is 167 Å². The molecule has 2 aromatic carbocycles. The molecule has 1 heterocycles. The van der Waals surface area contributed by atoms with Crippen molar-refractivity contribution in [3.05, 3.63) is 77.0 Å². The number of nitrogens with zero attached hydrogens (tertiary/aromatic N) is 2. The Bertz CT molecular complexity index is 946. The summed E-state index contributed by atoms with van der Waals surface area (Å²) in [7, 11) is 0. The zero-order valence-corrected chi connectivity index (χ0v) is 17.3. The van der Waals surface area contributed by atoms with Crippen LogP contribution in [0.5, 0.6) is 5.88 Å². The second-order valence-electron chi connectivity index (χ2n) is 8.19. The van der Waals surface area contributed by atoms with Gasteiger partial charge < -0.3 is 4.74 Å². The van der Waals surface area contributed by atoms with Gasteiger partial charge in [0.25, 0.3) is 0 Å². The van der Waals surface area contributed by atoms with Crippen LogP contribution in [0.1, 0.15) is 61.3 Å². The van der Waals surface area contributed by atoms with Gasteiger partial charge in [0, 0.05) is 6.07 Å². The van der Waals surface area contributed by atoms with Gasteiger partial charge in [-0.15, -0.1) is 0 Å². The average Bonchev–Trinajstić information content (AvgIpc) is 3.04. The molecule has 0 saturated heterocycles. The van der Waals surface area contributed by atoms with Crippen molar-refractivity contribution in [3.63, 3.8) is 0 Å². The predicted molar refractivity (Wildman–Crippen MR) is 112 cm³/mol. The molecule has 0 unspecified atom stereocenters. The van der Waals surface area contributed by atoms with Crippen LogP contribution in [0, 0.1) is 6.92 Å². The number of ether oxygens (including phenoxy) is 1. The first-order valence-corrected chi connectivity index (χ1v) is 9.76. The number of aryl methyl sites for hydroxylation is 2. The lowest BCUT2D eigenvalue weighted by molar-refractivity contribution is 0.0723. The van der Waals surface area contributed by atoms with E-state index in [9.17, 15) is 4.79 Å². The minimum absolute atomic E-state index is 0.0432. The average molecular weight is 377 g/mol. The van der Waals surface area contributed by atoms with Crippen LogP contribution in [0.2, 0.25) is 0 Å². The number of carbonyl (C=O) groups is 1. The van der Waals surface area contributed by atoms with E-state index in [0.29, 0.717) is 11.4 Å². The lowest BCUT2D eigenvalue weighted by Gasteiger charge is -2.18. The third-order valence-corrected chi connectivity index (χ3v) is 4.70. The smallest absolute Gasteiger partial charge is 0.344 e. The summed E-state index contributed by atoms with van der Waals surface area (Å²) >= 11 is 0. The van der Waals surface area contributed by atoms with E-state index in [2.05, 4.69) is 32.8 Å². The van der Waals surface area contributed by atoms with Gasteiger partial charge in [0.1, 0.15) is 0 Å². The molecule has 1 aromatic heterocycles. The SMILES string of the molecule is CCCc1cc(OC(=O)c2ccc(C(C)(C)C)cc2)n(-c2ccc(C)cc2)n1. The standard InChI is InChI=1S/C24H28N2O2/c1-6-7-20-16-22(26(25-20)21-14-8-17(2)9-15-21)28-23(27)18-10-12-19(13-11-18)24(3,4)5/h8-16H,6-7H2,1-5H3. The van der Waals surface area contributed by atoms with Crippen molar-refractivity contribution in [3.8, 4) is 11.6 Å². The molecule has 0 amide bonds. The number of esters is 1. The lowest BCUT2D eigenvalue weighted by atomic mass is 9.87. The Morgan fingerprint density at radius 1 is 1.04 bits per heavy atom. The van der Waals surface area contributed by atoms with E-state index in [1.54, 1.807) is 4.68 Å². The highest BCUT2D eigenvalue weighted by Gasteiger charge is 2.18. The molecule has 146 valence electrons. The Morgan fingerprint density at radius 3 is 2.25 bits per heavy atom. The molecule has 28 heavy (non-hydrogen) atoms. The van der Waals surface area contributed by atoms with E-state index in [-0.39, 0.29) is 11.4 Å². The zero-order chi connectivity index (χ0) is 20.3. The summed E-state index contributed by atoms with van der Waals surface area (Å²) in [5.41, 5.74) is 4.71. The molecule has 0 aliphatic carbocycles. The van der Waals surface area contributed by atoms with E-state index in [1.165, 1.54) is 11.1 Å². The number of hydrogen-bond donors (Lipinski definition) is 0. The molecule has 4 heteroatoms. The molecule has 0 aliphatic rings. The van der Waals surface area contributed by atoms with Gasteiger partial charge in [-0.25, -0.2) is 9.48 Å². The fourth-order valence-corrected chi connectivity index (χ4v) is 2.99. The number of rotatable bonds is 5. The first kappa shape index (κ1) is 19.9. The number of carbonyl (C=O) groups excluding carboxylic acids is 1. The maximum absolute atomic E-state index is 12.7. The fourth-order valence-electron chi connectivity index (χ4n) is 2.99. The van der Waals surface area contributed by atoms with E-state index in [1.807, 2.05) is 61.5 Å². The topological polar surface area (TPSA) is 44.1 Å². The Kier molecular flexibility index (Phi) is 5.68. The van der Waals surface area contributed by atoms with Gasteiger partial charge in [-0.3, -0.25) is 0 Å². The molecule has 0 saturated carbocycles. The van der Waals surface area contributed by atoms with Crippen LogP contribution in [0.25, 0.3) is 5.69 Å². The molecule has 4 nitrogen and oxygen atoms in total. The Hall–Kier alpha value is -2.88. The van der Waals surface area contributed by atoms with Gasteiger partial charge in [-0.05, 0) is 48.6 Å². The molecule has 3 aromatic rings. The third kappa shape index (κ3) is 4.50. The van der Waals surface area contributed by atoms with E-state index in [4.69, 9.17) is 4.74 Å².